The van der Waals surface area contributed by atoms with Gasteiger partial charge < -0.3 is 0 Å². The zero-order valence-corrected chi connectivity index (χ0v) is 16.5. The van der Waals surface area contributed by atoms with Gasteiger partial charge in [0.2, 0.25) is 0 Å². The Morgan fingerprint density at radius 3 is 2.52 bits per heavy atom. The molecular weight excluding hydrogens is 379 g/mol. The molecule has 3 aromatic rings. The van der Waals surface area contributed by atoms with E-state index in [1.807, 2.05) is 18.2 Å². The van der Waals surface area contributed by atoms with Gasteiger partial charge in [0.25, 0.3) is 0 Å². The molecule has 0 bridgehead atoms. The van der Waals surface area contributed by atoms with E-state index in [-0.39, 0.29) is 0 Å². The minimum atomic E-state index is 0.526. The summed E-state index contributed by atoms with van der Waals surface area (Å²) >= 11 is 4.95. The fourth-order valence-electron chi connectivity index (χ4n) is 3.60. The van der Waals surface area contributed by atoms with Crippen LogP contribution in [0.15, 0.2) is 54.6 Å². The van der Waals surface area contributed by atoms with Gasteiger partial charge in [-0.05, 0) is 0 Å². The summed E-state index contributed by atoms with van der Waals surface area (Å²) in [6.45, 7) is 6.80. The summed E-state index contributed by atoms with van der Waals surface area (Å²) < 4.78 is 6.09. The Balaban J connectivity index is 1.82. The fourth-order valence-corrected chi connectivity index (χ4v) is 3.82. The second-order valence-electron chi connectivity index (χ2n) is 6.53. The molecule has 0 radical (unpaired) electrons. The van der Waals surface area contributed by atoms with E-state index in [2.05, 4.69) is 55.1 Å². The minimum absolute atomic E-state index is 0.526. The Bertz CT molecular complexity index is 981. The van der Waals surface area contributed by atoms with Crippen molar-refractivity contribution in [3.63, 3.8) is 0 Å². The van der Waals surface area contributed by atoms with Crippen molar-refractivity contribution in [1.29, 1.82) is 0 Å². The molecule has 2 heterocycles. The van der Waals surface area contributed by atoms with Crippen LogP contribution in [0.25, 0.3) is 22.4 Å². The molecule has 0 spiro atoms. The van der Waals surface area contributed by atoms with Crippen LogP contribution in [0, 0.1) is 0 Å². The van der Waals surface area contributed by atoms with E-state index in [4.69, 9.17) is 24.8 Å². The van der Waals surface area contributed by atoms with Gasteiger partial charge in [-0.25, -0.2) is 0 Å². The van der Waals surface area contributed by atoms with Crippen molar-refractivity contribution >= 4 is 10.7 Å². The second-order valence-corrected chi connectivity index (χ2v) is 6.81. The van der Waals surface area contributed by atoms with Gasteiger partial charge in [-0.15, -0.1) is 0 Å². The third kappa shape index (κ3) is 3.30. The van der Waals surface area contributed by atoms with E-state index in [9.17, 15) is 0 Å². The summed E-state index contributed by atoms with van der Waals surface area (Å²) in [5.74, 6) is 0.894. The summed E-state index contributed by atoms with van der Waals surface area (Å²) in [5, 5.41) is 0. The molecule has 2 aromatic carbocycles. The molecule has 3 nitrogen and oxygen atoms in total. The molecule has 27 heavy (non-hydrogen) atoms. The third-order valence-electron chi connectivity index (χ3n) is 5.03. The number of pyridine rings is 1. The number of anilines is 1. The molecule has 0 N–H and O–H groups in total. The van der Waals surface area contributed by atoms with Crippen LogP contribution in [0.4, 0.5) is 5.69 Å². The number of hydrogen-bond acceptors (Lipinski definition) is 3. The third-order valence-corrected chi connectivity index (χ3v) is 5.30. The van der Waals surface area contributed by atoms with Crippen LogP contribution >= 0.6 is 0 Å². The van der Waals surface area contributed by atoms with Crippen molar-refractivity contribution in [2.24, 2.45) is 0 Å². The van der Waals surface area contributed by atoms with Crippen LogP contribution in [0.3, 0.4) is 0 Å². The van der Waals surface area contributed by atoms with Crippen LogP contribution in [0.1, 0.15) is 25.1 Å². The Morgan fingerprint density at radius 1 is 1.04 bits per heavy atom. The Morgan fingerprint density at radius 2 is 1.81 bits per heavy atom. The first kappa shape index (κ1) is 17.9. The van der Waals surface area contributed by atoms with E-state index in [1.54, 1.807) is 4.99 Å². The molecule has 4 heteroatoms. The predicted molar refractivity (Wildman–Crippen MR) is 108 cm³/mol. The zero-order valence-electron chi connectivity index (χ0n) is 15.5. The van der Waals surface area contributed by atoms with Crippen LogP contribution in [0.5, 0.6) is 5.75 Å². The van der Waals surface area contributed by atoms with Crippen molar-refractivity contribution in [2.45, 2.75) is 20.5 Å². The number of ether oxygens (including phenoxy) is 1. The predicted octanol–water partition coefficient (Wildman–Crippen LogP) is 4.85. The average Bonchev–Trinajstić information content (AvgIpc) is 2.74. The molecule has 0 saturated carbocycles. The zero-order chi connectivity index (χ0) is 18.8. The SMILES string of the molecule is CCN(CC)c1ccc2c(c1)OCc1cc(-c3ccccc3)c([CH]=[Ni])nc1-2. The maximum absolute atomic E-state index is 6.09. The number of fused-ring (bicyclic) bond motifs is 3. The first-order valence-electron chi connectivity index (χ1n) is 9.26. The van der Waals surface area contributed by atoms with Crippen molar-refractivity contribution in [2.75, 3.05) is 18.0 Å². The molecule has 1 aliphatic rings. The molecule has 0 unspecified atom stereocenters. The van der Waals surface area contributed by atoms with Gasteiger partial charge in [0.05, 0.1) is 0 Å². The van der Waals surface area contributed by atoms with Crippen molar-refractivity contribution in [3.8, 4) is 28.1 Å². The number of nitrogens with zero attached hydrogens (tertiary/aromatic N) is 2. The summed E-state index contributed by atoms with van der Waals surface area (Å²) in [4.78, 5) is 8.95. The summed E-state index contributed by atoms with van der Waals surface area (Å²) in [6, 6.07) is 18.8. The Labute approximate surface area is 167 Å². The summed E-state index contributed by atoms with van der Waals surface area (Å²) in [7, 11) is 0. The van der Waals surface area contributed by atoms with Gasteiger partial charge in [-0.1, -0.05) is 0 Å². The molecule has 0 saturated heterocycles. The summed E-state index contributed by atoms with van der Waals surface area (Å²) in [6.07, 6.45) is 0. The van der Waals surface area contributed by atoms with E-state index in [0.29, 0.717) is 6.61 Å². The van der Waals surface area contributed by atoms with Gasteiger partial charge in [-0.3, -0.25) is 0 Å². The standard InChI is InChI=1S/C23H22N2O.Ni/c1-4-25(5-2)19-11-12-20-22(14-19)26-15-18-13-21(16(3)24-23(18)20)17-9-7-6-8-10-17;/h3,6-14H,4-5,15H2,1-2H3;. The second kappa shape index (κ2) is 7.66. The molecule has 1 aromatic heterocycles. The first-order chi connectivity index (χ1) is 13.2. The maximum atomic E-state index is 6.09. The van der Waals surface area contributed by atoms with E-state index in [0.717, 1.165) is 52.5 Å². The number of benzene rings is 2. The fraction of sp³-hybridized carbons (Fsp3) is 0.217. The van der Waals surface area contributed by atoms with E-state index >= 15 is 0 Å². The van der Waals surface area contributed by atoms with Crippen LogP contribution < -0.4 is 9.64 Å². The van der Waals surface area contributed by atoms with Gasteiger partial charge in [0.1, 0.15) is 0 Å². The van der Waals surface area contributed by atoms with Gasteiger partial charge >= 0.3 is 168 Å². The van der Waals surface area contributed by atoms with Crippen molar-refractivity contribution in [3.05, 3.63) is 65.9 Å². The van der Waals surface area contributed by atoms with Crippen LogP contribution in [-0.2, 0) is 21.6 Å². The molecule has 0 amide bonds. The van der Waals surface area contributed by atoms with Gasteiger partial charge in [0.15, 0.2) is 0 Å². The van der Waals surface area contributed by atoms with Gasteiger partial charge in [-0.2, -0.15) is 0 Å². The van der Waals surface area contributed by atoms with Crippen LogP contribution in [-0.4, -0.2) is 23.1 Å². The summed E-state index contributed by atoms with van der Waals surface area (Å²) in [5.41, 5.74) is 7.33. The van der Waals surface area contributed by atoms with E-state index < -0.39 is 0 Å². The van der Waals surface area contributed by atoms with E-state index in [1.165, 1.54) is 5.69 Å². The van der Waals surface area contributed by atoms with Crippen molar-refractivity contribution in [1.82, 2.24) is 4.98 Å². The quantitative estimate of drug-likeness (QED) is 0.572. The topological polar surface area (TPSA) is 25.4 Å². The molecular formula is C23H22N2NiO. The number of hydrogen-bond donors (Lipinski definition) is 0. The van der Waals surface area contributed by atoms with Gasteiger partial charge in [0, 0.05) is 0 Å². The normalized spacial score (nSPS) is 12.0. The molecule has 4 rings (SSSR count). The first-order valence-corrected chi connectivity index (χ1v) is 9.83. The molecule has 0 atom stereocenters. The molecule has 140 valence electrons. The molecule has 0 aliphatic carbocycles. The Hall–Kier alpha value is -2.45. The Kier molecular flexibility index (Phi) is 5.09. The number of aromatic nitrogens is 1. The molecule has 1 aliphatic heterocycles. The number of rotatable bonds is 5. The average molecular weight is 401 g/mol. The van der Waals surface area contributed by atoms with Crippen LogP contribution in [0.2, 0.25) is 0 Å². The van der Waals surface area contributed by atoms with Crippen molar-refractivity contribution < 1.29 is 19.8 Å². The monoisotopic (exact) mass is 400 g/mol. The molecule has 0 fully saturated rings.